The van der Waals surface area contributed by atoms with Crippen LogP contribution in [-0.2, 0) is 0 Å². The Labute approximate surface area is 115 Å². The number of nitrogens with one attached hydrogen (secondary N) is 1. The van der Waals surface area contributed by atoms with Gasteiger partial charge in [0.25, 0.3) is 0 Å². The number of hydrogen-bond donors (Lipinski definition) is 1. The zero-order chi connectivity index (χ0) is 13.9. The number of aromatic nitrogens is 1. The van der Waals surface area contributed by atoms with E-state index in [1.165, 1.54) is 0 Å². The van der Waals surface area contributed by atoms with Crippen LogP contribution in [0.5, 0.6) is 5.75 Å². The summed E-state index contributed by atoms with van der Waals surface area (Å²) in [5, 5.41) is 5.86. The average molecular weight is 258 g/mol. The summed E-state index contributed by atoms with van der Waals surface area (Å²) in [5.41, 5.74) is 0.0845. The molecule has 0 spiro atoms. The predicted octanol–water partition coefficient (Wildman–Crippen LogP) is 4.23. The van der Waals surface area contributed by atoms with Crippen molar-refractivity contribution in [3.8, 4) is 5.75 Å². The SMILES string of the molecule is CCC(C)(CC)Nc1nccc2cc(OC)ccc12. The van der Waals surface area contributed by atoms with Gasteiger partial charge in [-0.3, -0.25) is 0 Å². The summed E-state index contributed by atoms with van der Waals surface area (Å²) in [7, 11) is 1.69. The third-order valence-corrected chi connectivity index (χ3v) is 3.95. The van der Waals surface area contributed by atoms with E-state index in [4.69, 9.17) is 4.74 Å². The fourth-order valence-electron chi connectivity index (χ4n) is 2.10. The molecule has 102 valence electrons. The second kappa shape index (κ2) is 5.47. The van der Waals surface area contributed by atoms with Crippen molar-refractivity contribution in [1.29, 1.82) is 0 Å². The first-order chi connectivity index (χ1) is 9.11. The van der Waals surface area contributed by atoms with Crippen LogP contribution >= 0.6 is 0 Å². The van der Waals surface area contributed by atoms with Gasteiger partial charge >= 0.3 is 0 Å². The minimum absolute atomic E-state index is 0.0845. The van der Waals surface area contributed by atoms with E-state index in [9.17, 15) is 0 Å². The Morgan fingerprint density at radius 1 is 1.21 bits per heavy atom. The number of ether oxygens (including phenoxy) is 1. The van der Waals surface area contributed by atoms with Crippen LogP contribution in [0.1, 0.15) is 33.6 Å². The molecule has 1 aromatic carbocycles. The number of hydrogen-bond acceptors (Lipinski definition) is 3. The number of methoxy groups -OCH3 is 1. The van der Waals surface area contributed by atoms with Crippen LogP contribution < -0.4 is 10.1 Å². The molecule has 1 aromatic heterocycles. The Hall–Kier alpha value is -1.77. The number of rotatable bonds is 5. The summed E-state index contributed by atoms with van der Waals surface area (Å²) in [4.78, 5) is 4.49. The second-order valence-electron chi connectivity index (χ2n) is 5.14. The summed E-state index contributed by atoms with van der Waals surface area (Å²) < 4.78 is 5.26. The minimum atomic E-state index is 0.0845. The Morgan fingerprint density at radius 2 is 1.95 bits per heavy atom. The van der Waals surface area contributed by atoms with E-state index >= 15 is 0 Å². The van der Waals surface area contributed by atoms with E-state index < -0.39 is 0 Å². The Balaban J connectivity index is 2.44. The first-order valence-electron chi connectivity index (χ1n) is 6.83. The topological polar surface area (TPSA) is 34.2 Å². The first kappa shape index (κ1) is 13.7. The molecule has 0 fully saturated rings. The molecule has 0 aliphatic rings. The number of benzene rings is 1. The molecule has 3 nitrogen and oxygen atoms in total. The molecule has 0 atom stereocenters. The molecule has 1 heterocycles. The van der Waals surface area contributed by atoms with Gasteiger partial charge in [-0.05, 0) is 49.4 Å². The van der Waals surface area contributed by atoms with Crippen LogP contribution in [0.25, 0.3) is 10.8 Å². The summed E-state index contributed by atoms with van der Waals surface area (Å²) in [6.07, 6.45) is 3.98. The van der Waals surface area contributed by atoms with Crippen molar-refractivity contribution in [2.45, 2.75) is 39.2 Å². The Kier molecular flexibility index (Phi) is 3.93. The second-order valence-corrected chi connectivity index (χ2v) is 5.14. The molecule has 0 radical (unpaired) electrons. The molecular weight excluding hydrogens is 236 g/mol. The van der Waals surface area contributed by atoms with Crippen LogP contribution in [0.15, 0.2) is 30.5 Å². The van der Waals surface area contributed by atoms with Gasteiger partial charge in [0.1, 0.15) is 11.6 Å². The highest BCUT2D eigenvalue weighted by Gasteiger charge is 2.20. The summed E-state index contributed by atoms with van der Waals surface area (Å²) in [6, 6.07) is 8.09. The van der Waals surface area contributed by atoms with Gasteiger partial charge < -0.3 is 10.1 Å². The molecule has 0 bridgehead atoms. The van der Waals surface area contributed by atoms with Gasteiger partial charge in [-0.1, -0.05) is 13.8 Å². The lowest BCUT2D eigenvalue weighted by Crippen LogP contribution is -2.33. The summed E-state index contributed by atoms with van der Waals surface area (Å²) in [6.45, 7) is 6.63. The van der Waals surface area contributed by atoms with Crippen LogP contribution in [-0.4, -0.2) is 17.6 Å². The van der Waals surface area contributed by atoms with Crippen molar-refractivity contribution < 1.29 is 4.74 Å². The molecule has 2 rings (SSSR count). The largest absolute Gasteiger partial charge is 0.497 e. The van der Waals surface area contributed by atoms with Gasteiger partial charge in [-0.2, -0.15) is 0 Å². The van der Waals surface area contributed by atoms with Crippen LogP contribution in [0.3, 0.4) is 0 Å². The zero-order valence-corrected chi connectivity index (χ0v) is 12.2. The maximum atomic E-state index is 5.26. The minimum Gasteiger partial charge on any atom is -0.497 e. The standard InChI is InChI=1S/C16H22N2O/c1-5-16(3,6-2)18-15-14-8-7-13(19-4)11-12(14)9-10-17-15/h7-11H,5-6H2,1-4H3,(H,17,18). The van der Waals surface area contributed by atoms with Gasteiger partial charge in [0.15, 0.2) is 0 Å². The highest BCUT2D eigenvalue weighted by molar-refractivity contribution is 5.92. The van der Waals surface area contributed by atoms with Crippen LogP contribution in [0.2, 0.25) is 0 Å². The Bertz CT molecular complexity index is 562. The lowest BCUT2D eigenvalue weighted by Gasteiger charge is -2.29. The fourth-order valence-corrected chi connectivity index (χ4v) is 2.10. The number of nitrogens with zero attached hydrogens (tertiary/aromatic N) is 1. The molecule has 1 N–H and O–H groups in total. The molecular formula is C16H22N2O. The van der Waals surface area contributed by atoms with Gasteiger partial charge in [-0.25, -0.2) is 4.98 Å². The third kappa shape index (κ3) is 2.80. The van der Waals surface area contributed by atoms with Crippen molar-refractivity contribution in [2.24, 2.45) is 0 Å². The smallest absolute Gasteiger partial charge is 0.134 e. The van der Waals surface area contributed by atoms with Crippen molar-refractivity contribution in [2.75, 3.05) is 12.4 Å². The van der Waals surface area contributed by atoms with E-state index in [2.05, 4.69) is 37.1 Å². The van der Waals surface area contributed by atoms with Gasteiger partial charge in [-0.15, -0.1) is 0 Å². The lowest BCUT2D eigenvalue weighted by atomic mass is 9.95. The van der Waals surface area contributed by atoms with Gasteiger partial charge in [0.2, 0.25) is 0 Å². The molecule has 0 amide bonds. The highest BCUT2D eigenvalue weighted by atomic mass is 16.5. The number of anilines is 1. The van der Waals surface area contributed by atoms with E-state index in [1.54, 1.807) is 7.11 Å². The van der Waals surface area contributed by atoms with E-state index in [1.807, 2.05) is 24.4 Å². The van der Waals surface area contributed by atoms with Crippen molar-refractivity contribution >= 4 is 16.6 Å². The van der Waals surface area contributed by atoms with Gasteiger partial charge in [0.05, 0.1) is 7.11 Å². The highest BCUT2D eigenvalue weighted by Crippen LogP contribution is 2.28. The lowest BCUT2D eigenvalue weighted by molar-refractivity contribution is 0.415. The number of fused-ring (bicyclic) bond motifs is 1. The average Bonchev–Trinajstić information content (AvgIpc) is 2.46. The van der Waals surface area contributed by atoms with E-state index in [0.717, 1.165) is 35.2 Å². The molecule has 19 heavy (non-hydrogen) atoms. The number of pyridine rings is 1. The Morgan fingerprint density at radius 3 is 2.58 bits per heavy atom. The molecule has 0 saturated carbocycles. The van der Waals surface area contributed by atoms with Crippen LogP contribution in [0.4, 0.5) is 5.82 Å². The van der Waals surface area contributed by atoms with Crippen molar-refractivity contribution in [3.05, 3.63) is 30.5 Å². The quantitative estimate of drug-likeness (QED) is 0.871. The molecule has 0 aliphatic heterocycles. The summed E-state index contributed by atoms with van der Waals surface area (Å²) >= 11 is 0. The van der Waals surface area contributed by atoms with E-state index in [0.29, 0.717) is 0 Å². The van der Waals surface area contributed by atoms with Crippen LogP contribution in [0, 0.1) is 0 Å². The molecule has 2 aromatic rings. The normalized spacial score (nSPS) is 11.6. The fraction of sp³-hybridized carbons (Fsp3) is 0.438. The zero-order valence-electron chi connectivity index (χ0n) is 12.2. The van der Waals surface area contributed by atoms with Crippen molar-refractivity contribution in [3.63, 3.8) is 0 Å². The maximum absolute atomic E-state index is 5.26. The third-order valence-electron chi connectivity index (χ3n) is 3.95. The summed E-state index contributed by atoms with van der Waals surface area (Å²) in [5.74, 6) is 1.82. The van der Waals surface area contributed by atoms with E-state index in [-0.39, 0.29) is 5.54 Å². The molecule has 0 aliphatic carbocycles. The first-order valence-corrected chi connectivity index (χ1v) is 6.83. The van der Waals surface area contributed by atoms with Gasteiger partial charge in [0, 0.05) is 17.1 Å². The molecule has 0 unspecified atom stereocenters. The predicted molar refractivity (Wildman–Crippen MR) is 80.9 cm³/mol. The maximum Gasteiger partial charge on any atom is 0.134 e. The molecule has 0 saturated heterocycles. The monoisotopic (exact) mass is 258 g/mol. The van der Waals surface area contributed by atoms with Crippen molar-refractivity contribution in [1.82, 2.24) is 4.98 Å². The molecule has 3 heteroatoms.